The zero-order valence-corrected chi connectivity index (χ0v) is 12.7. The van der Waals surface area contributed by atoms with Gasteiger partial charge in [0, 0.05) is 24.0 Å². The third-order valence-electron chi connectivity index (χ3n) is 4.35. The molecule has 0 unspecified atom stereocenters. The van der Waals surface area contributed by atoms with Crippen molar-refractivity contribution in [2.45, 2.75) is 37.9 Å². The molecular formula is C17H18FN5. The number of fused-ring (bicyclic) bond motifs is 1. The Bertz CT molecular complexity index is 793. The predicted molar refractivity (Wildman–Crippen MR) is 87.0 cm³/mol. The van der Waals surface area contributed by atoms with Crippen molar-refractivity contribution in [2.24, 2.45) is 0 Å². The second kappa shape index (κ2) is 5.95. The van der Waals surface area contributed by atoms with Crippen LogP contribution in [0, 0.1) is 0 Å². The van der Waals surface area contributed by atoms with Crippen LogP contribution >= 0.6 is 0 Å². The number of rotatable bonds is 3. The predicted octanol–water partition coefficient (Wildman–Crippen LogP) is 3.48. The normalized spacial score (nSPS) is 21.4. The quantitative estimate of drug-likeness (QED) is 0.804. The first-order chi connectivity index (χ1) is 11.3. The van der Waals surface area contributed by atoms with E-state index in [1.54, 1.807) is 12.4 Å². The molecule has 1 aliphatic rings. The molecule has 0 radical (unpaired) electrons. The number of halogens is 1. The molecule has 1 aliphatic carbocycles. The molecule has 0 atom stereocenters. The standard InChI is InChI=1S/C17H18FN5/c18-13-1-3-14(4-2-13)21-16-5-6-17-20-11-15(23(17)22-16)12-7-9-19-10-8-12/h5-11,13-14H,1-4H2,(H,21,22)/t13-,14-. The monoisotopic (exact) mass is 311 g/mol. The highest BCUT2D eigenvalue weighted by Crippen LogP contribution is 2.24. The highest BCUT2D eigenvalue weighted by molar-refractivity contribution is 5.63. The molecule has 118 valence electrons. The summed E-state index contributed by atoms with van der Waals surface area (Å²) in [7, 11) is 0. The van der Waals surface area contributed by atoms with Crippen molar-refractivity contribution in [3.05, 3.63) is 42.9 Å². The van der Waals surface area contributed by atoms with Crippen molar-refractivity contribution in [1.29, 1.82) is 0 Å². The average Bonchev–Trinajstić information content (AvgIpc) is 3.01. The number of hydrogen-bond acceptors (Lipinski definition) is 4. The van der Waals surface area contributed by atoms with Gasteiger partial charge in [-0.2, -0.15) is 0 Å². The van der Waals surface area contributed by atoms with Crippen LogP contribution in [-0.4, -0.2) is 31.8 Å². The fraction of sp³-hybridized carbons (Fsp3) is 0.353. The first-order valence-corrected chi connectivity index (χ1v) is 7.95. The summed E-state index contributed by atoms with van der Waals surface area (Å²) in [6.07, 6.45) is 7.65. The number of anilines is 1. The van der Waals surface area contributed by atoms with E-state index in [9.17, 15) is 4.39 Å². The molecule has 3 aromatic heterocycles. The van der Waals surface area contributed by atoms with Crippen molar-refractivity contribution in [1.82, 2.24) is 19.6 Å². The summed E-state index contributed by atoms with van der Waals surface area (Å²) in [5.74, 6) is 0.799. The van der Waals surface area contributed by atoms with Crippen LogP contribution in [0.5, 0.6) is 0 Å². The van der Waals surface area contributed by atoms with Gasteiger partial charge in [-0.05, 0) is 49.9 Å². The van der Waals surface area contributed by atoms with Crippen LogP contribution in [0.3, 0.4) is 0 Å². The Morgan fingerprint density at radius 1 is 1.04 bits per heavy atom. The Morgan fingerprint density at radius 2 is 1.83 bits per heavy atom. The van der Waals surface area contributed by atoms with Crippen molar-refractivity contribution in [3.63, 3.8) is 0 Å². The number of nitrogens with zero attached hydrogens (tertiary/aromatic N) is 4. The van der Waals surface area contributed by atoms with E-state index in [1.165, 1.54) is 0 Å². The van der Waals surface area contributed by atoms with Gasteiger partial charge in [0.25, 0.3) is 0 Å². The first kappa shape index (κ1) is 14.1. The minimum absolute atomic E-state index is 0.292. The molecule has 3 heterocycles. The molecule has 0 aliphatic heterocycles. The number of aromatic nitrogens is 4. The molecule has 0 saturated heterocycles. The van der Waals surface area contributed by atoms with E-state index in [4.69, 9.17) is 0 Å². The van der Waals surface area contributed by atoms with E-state index >= 15 is 0 Å². The highest BCUT2D eigenvalue weighted by atomic mass is 19.1. The second-order valence-corrected chi connectivity index (χ2v) is 5.96. The zero-order chi connectivity index (χ0) is 15.6. The molecule has 1 saturated carbocycles. The highest BCUT2D eigenvalue weighted by Gasteiger charge is 2.20. The molecule has 0 spiro atoms. The van der Waals surface area contributed by atoms with E-state index < -0.39 is 6.17 Å². The van der Waals surface area contributed by atoms with Gasteiger partial charge in [0.1, 0.15) is 12.0 Å². The van der Waals surface area contributed by atoms with Gasteiger partial charge in [0.05, 0.1) is 11.9 Å². The number of nitrogens with one attached hydrogen (secondary N) is 1. The molecule has 4 rings (SSSR count). The maximum Gasteiger partial charge on any atom is 0.154 e. The Hall–Kier alpha value is -2.50. The lowest BCUT2D eigenvalue weighted by atomic mass is 9.94. The average molecular weight is 311 g/mol. The maximum atomic E-state index is 13.2. The molecule has 0 amide bonds. The van der Waals surface area contributed by atoms with Gasteiger partial charge in [-0.15, -0.1) is 5.10 Å². The van der Waals surface area contributed by atoms with Gasteiger partial charge in [0.15, 0.2) is 5.65 Å². The van der Waals surface area contributed by atoms with Crippen molar-refractivity contribution in [3.8, 4) is 11.3 Å². The third-order valence-corrected chi connectivity index (χ3v) is 4.35. The number of pyridine rings is 1. The second-order valence-electron chi connectivity index (χ2n) is 5.96. The minimum atomic E-state index is -0.643. The Kier molecular flexibility index (Phi) is 3.65. The zero-order valence-electron chi connectivity index (χ0n) is 12.7. The number of alkyl halides is 1. The van der Waals surface area contributed by atoms with Crippen LogP contribution < -0.4 is 5.32 Å². The third kappa shape index (κ3) is 2.88. The molecule has 1 fully saturated rings. The van der Waals surface area contributed by atoms with Gasteiger partial charge in [-0.1, -0.05) is 0 Å². The van der Waals surface area contributed by atoms with Crippen molar-refractivity contribution < 1.29 is 4.39 Å². The molecule has 3 aromatic rings. The Labute approximate surface area is 133 Å². The van der Waals surface area contributed by atoms with Gasteiger partial charge in [-0.3, -0.25) is 4.98 Å². The molecule has 0 bridgehead atoms. The largest absolute Gasteiger partial charge is 0.366 e. The SMILES string of the molecule is F[C@H]1CC[C@H](Nc2ccc3ncc(-c4ccncc4)n3n2)CC1. The lowest BCUT2D eigenvalue weighted by Crippen LogP contribution is -2.27. The van der Waals surface area contributed by atoms with Gasteiger partial charge < -0.3 is 5.32 Å². The van der Waals surface area contributed by atoms with Gasteiger partial charge in [0.2, 0.25) is 0 Å². The molecular weight excluding hydrogens is 293 g/mol. The smallest absolute Gasteiger partial charge is 0.154 e. The fourth-order valence-electron chi connectivity index (χ4n) is 3.08. The summed E-state index contributed by atoms with van der Waals surface area (Å²) in [4.78, 5) is 8.44. The topological polar surface area (TPSA) is 55.1 Å². The summed E-state index contributed by atoms with van der Waals surface area (Å²) >= 11 is 0. The molecule has 5 nitrogen and oxygen atoms in total. The van der Waals surface area contributed by atoms with Crippen LogP contribution in [0.1, 0.15) is 25.7 Å². The van der Waals surface area contributed by atoms with Crippen LogP contribution in [0.4, 0.5) is 10.2 Å². The van der Waals surface area contributed by atoms with Gasteiger partial charge in [-0.25, -0.2) is 13.9 Å². The summed E-state index contributed by atoms with van der Waals surface area (Å²) in [5, 5.41) is 8.08. The number of hydrogen-bond donors (Lipinski definition) is 1. The maximum absolute atomic E-state index is 13.2. The van der Waals surface area contributed by atoms with Crippen LogP contribution in [0.2, 0.25) is 0 Å². The first-order valence-electron chi connectivity index (χ1n) is 7.95. The van der Waals surface area contributed by atoms with E-state index in [2.05, 4.69) is 20.4 Å². The van der Waals surface area contributed by atoms with Gasteiger partial charge >= 0.3 is 0 Å². The fourth-order valence-corrected chi connectivity index (χ4v) is 3.08. The summed E-state index contributed by atoms with van der Waals surface area (Å²) < 4.78 is 15.1. The van der Waals surface area contributed by atoms with Crippen molar-refractivity contribution >= 4 is 11.5 Å². The van der Waals surface area contributed by atoms with Crippen LogP contribution in [0.15, 0.2) is 42.9 Å². The minimum Gasteiger partial charge on any atom is -0.366 e. The lowest BCUT2D eigenvalue weighted by molar-refractivity contribution is 0.241. The van der Waals surface area contributed by atoms with Crippen LogP contribution in [0.25, 0.3) is 16.9 Å². The van der Waals surface area contributed by atoms with Crippen molar-refractivity contribution in [2.75, 3.05) is 5.32 Å². The van der Waals surface area contributed by atoms with E-state index in [0.29, 0.717) is 18.9 Å². The molecule has 23 heavy (non-hydrogen) atoms. The Balaban J connectivity index is 1.62. The number of imidazole rings is 1. The van der Waals surface area contributed by atoms with E-state index in [0.717, 1.165) is 35.6 Å². The molecule has 6 heteroatoms. The summed E-state index contributed by atoms with van der Waals surface area (Å²) in [5.41, 5.74) is 2.75. The summed E-state index contributed by atoms with van der Waals surface area (Å²) in [6.45, 7) is 0. The Morgan fingerprint density at radius 3 is 2.61 bits per heavy atom. The van der Waals surface area contributed by atoms with E-state index in [-0.39, 0.29) is 0 Å². The van der Waals surface area contributed by atoms with E-state index in [1.807, 2.05) is 35.0 Å². The molecule has 1 N–H and O–H groups in total. The lowest BCUT2D eigenvalue weighted by Gasteiger charge is -2.25. The molecule has 0 aromatic carbocycles. The van der Waals surface area contributed by atoms with Crippen LogP contribution in [-0.2, 0) is 0 Å². The summed E-state index contributed by atoms with van der Waals surface area (Å²) in [6, 6.07) is 8.04.